The van der Waals surface area contributed by atoms with Crippen LogP contribution in [0.1, 0.15) is 12.0 Å². The Labute approximate surface area is 145 Å². The fourth-order valence-corrected chi connectivity index (χ4v) is 3.24. The van der Waals surface area contributed by atoms with E-state index in [4.69, 9.17) is 0 Å². The monoisotopic (exact) mass is 336 g/mol. The van der Waals surface area contributed by atoms with Crippen LogP contribution in [0.5, 0.6) is 0 Å². The first-order valence-electron chi connectivity index (χ1n) is 8.39. The van der Waals surface area contributed by atoms with E-state index in [0.29, 0.717) is 18.7 Å². The summed E-state index contributed by atoms with van der Waals surface area (Å²) in [4.78, 5) is 12.3. The number of aliphatic hydroxyl groups is 1. The number of benzene rings is 2. The number of carbonyl (C=O) groups excluding carboxylic acids is 1. The number of nitrogens with zero attached hydrogens (tertiary/aromatic N) is 2. The molecule has 2 aromatic carbocycles. The number of aryl methyl sites for hydroxylation is 1. The Kier molecular flexibility index (Phi) is 3.99. The molecule has 1 aliphatic rings. The summed E-state index contributed by atoms with van der Waals surface area (Å²) in [6.45, 7) is 2.69. The molecule has 1 aromatic heterocycles. The van der Waals surface area contributed by atoms with Crippen molar-refractivity contribution in [1.82, 2.24) is 15.1 Å². The number of amides is 1. The Balaban J connectivity index is 1.65. The summed E-state index contributed by atoms with van der Waals surface area (Å²) < 4.78 is 1.86. The first-order valence-corrected chi connectivity index (χ1v) is 8.39. The third kappa shape index (κ3) is 3.01. The highest BCUT2D eigenvalue weighted by atomic mass is 16.3. The maximum atomic E-state index is 12.3. The molecule has 4 rings (SSSR count). The molecule has 25 heavy (non-hydrogen) atoms. The van der Waals surface area contributed by atoms with Gasteiger partial charge in [0.05, 0.1) is 23.5 Å². The molecule has 128 valence electrons. The largest absolute Gasteiger partial charge is 0.391 e. The fourth-order valence-electron chi connectivity index (χ4n) is 3.24. The van der Waals surface area contributed by atoms with Crippen LogP contribution in [0.3, 0.4) is 0 Å². The van der Waals surface area contributed by atoms with Crippen molar-refractivity contribution in [2.75, 3.05) is 11.9 Å². The van der Waals surface area contributed by atoms with Crippen molar-refractivity contribution < 1.29 is 9.90 Å². The molecule has 1 amide bonds. The number of aliphatic hydroxyl groups excluding tert-OH is 1. The lowest BCUT2D eigenvalue weighted by Gasteiger charge is -2.15. The van der Waals surface area contributed by atoms with E-state index in [0.717, 1.165) is 22.2 Å². The summed E-state index contributed by atoms with van der Waals surface area (Å²) in [6, 6.07) is 13.2. The number of carbonyl (C=O) groups is 1. The van der Waals surface area contributed by atoms with Crippen molar-refractivity contribution >= 4 is 22.5 Å². The molecule has 0 radical (unpaired) electrons. The molecule has 0 unspecified atom stereocenters. The number of rotatable bonds is 3. The summed E-state index contributed by atoms with van der Waals surface area (Å²) in [5.74, 6) is -0.217. The molecule has 6 heteroatoms. The lowest BCUT2D eigenvalue weighted by atomic mass is 10.1. The number of hydrogen-bond acceptors (Lipinski definition) is 4. The maximum absolute atomic E-state index is 12.3. The minimum Gasteiger partial charge on any atom is -0.391 e. The summed E-state index contributed by atoms with van der Waals surface area (Å²) in [6.07, 6.45) is 1.77. The van der Waals surface area contributed by atoms with Gasteiger partial charge in [-0.3, -0.25) is 4.79 Å². The molecular formula is C19H20N4O2. The number of hydrogen-bond donors (Lipinski definition) is 3. The molecule has 0 aliphatic carbocycles. The van der Waals surface area contributed by atoms with Gasteiger partial charge in [0.15, 0.2) is 0 Å². The SMILES string of the molecule is Cc1cccc(-n2ncc3ccc(NC(=O)[C@H]4NCC[C@@H]4O)cc32)c1. The second-order valence-corrected chi connectivity index (χ2v) is 6.45. The first kappa shape index (κ1) is 15.8. The lowest BCUT2D eigenvalue weighted by molar-refractivity contribution is -0.119. The molecule has 2 atom stereocenters. The van der Waals surface area contributed by atoms with Crippen molar-refractivity contribution in [1.29, 1.82) is 0 Å². The van der Waals surface area contributed by atoms with Crippen LogP contribution in [0.25, 0.3) is 16.6 Å². The van der Waals surface area contributed by atoms with E-state index in [9.17, 15) is 9.90 Å². The smallest absolute Gasteiger partial charge is 0.244 e. The number of anilines is 1. The third-order valence-corrected chi connectivity index (χ3v) is 4.56. The highest BCUT2D eigenvalue weighted by Crippen LogP contribution is 2.23. The standard InChI is InChI=1S/C19H20N4O2/c1-12-3-2-4-15(9-12)23-16-10-14(6-5-13(16)11-21-23)22-19(25)18-17(24)7-8-20-18/h2-6,9-11,17-18,20,24H,7-8H2,1H3,(H,22,25)/t17-,18-/m0/s1. The van der Waals surface area contributed by atoms with Crippen molar-refractivity contribution in [2.45, 2.75) is 25.5 Å². The molecule has 0 bridgehead atoms. The fraction of sp³-hybridized carbons (Fsp3) is 0.263. The normalized spacial score (nSPS) is 20.1. The molecule has 6 nitrogen and oxygen atoms in total. The predicted octanol–water partition coefficient (Wildman–Crippen LogP) is 2.00. The average molecular weight is 336 g/mol. The second kappa shape index (κ2) is 6.31. The predicted molar refractivity (Wildman–Crippen MR) is 96.9 cm³/mol. The highest BCUT2D eigenvalue weighted by molar-refractivity contribution is 5.97. The van der Waals surface area contributed by atoms with Crippen LogP contribution >= 0.6 is 0 Å². The van der Waals surface area contributed by atoms with E-state index in [-0.39, 0.29) is 5.91 Å². The van der Waals surface area contributed by atoms with E-state index in [1.54, 1.807) is 0 Å². The van der Waals surface area contributed by atoms with Gasteiger partial charge < -0.3 is 15.7 Å². The summed E-state index contributed by atoms with van der Waals surface area (Å²) in [5, 5.41) is 21.2. The third-order valence-electron chi connectivity index (χ3n) is 4.56. The zero-order valence-electron chi connectivity index (χ0n) is 13.9. The van der Waals surface area contributed by atoms with Gasteiger partial charge in [0.2, 0.25) is 5.91 Å². The highest BCUT2D eigenvalue weighted by Gasteiger charge is 2.31. The van der Waals surface area contributed by atoms with E-state index in [1.807, 2.05) is 54.2 Å². The van der Waals surface area contributed by atoms with Gasteiger partial charge >= 0.3 is 0 Å². The van der Waals surface area contributed by atoms with Gasteiger partial charge in [-0.2, -0.15) is 5.10 Å². The molecule has 0 saturated carbocycles. The van der Waals surface area contributed by atoms with Gasteiger partial charge in [0.25, 0.3) is 0 Å². The molecule has 0 spiro atoms. The topological polar surface area (TPSA) is 79.2 Å². The second-order valence-electron chi connectivity index (χ2n) is 6.45. The van der Waals surface area contributed by atoms with Crippen LogP contribution in [0.4, 0.5) is 5.69 Å². The number of nitrogens with one attached hydrogen (secondary N) is 2. The first-order chi connectivity index (χ1) is 12.1. The molecule has 3 N–H and O–H groups in total. The van der Waals surface area contributed by atoms with Gasteiger partial charge in [-0.15, -0.1) is 0 Å². The summed E-state index contributed by atoms with van der Waals surface area (Å²) in [7, 11) is 0. The van der Waals surface area contributed by atoms with Crippen molar-refractivity contribution in [3.05, 3.63) is 54.2 Å². The molecule has 3 aromatic rings. The quantitative estimate of drug-likeness (QED) is 0.683. The van der Waals surface area contributed by atoms with Gasteiger partial charge in [0.1, 0.15) is 6.04 Å². The molecule has 1 aliphatic heterocycles. The minimum atomic E-state index is -0.637. The maximum Gasteiger partial charge on any atom is 0.244 e. The molecule has 2 heterocycles. The molecular weight excluding hydrogens is 316 g/mol. The van der Waals surface area contributed by atoms with E-state index >= 15 is 0 Å². The van der Waals surface area contributed by atoms with Crippen LogP contribution in [-0.2, 0) is 4.79 Å². The summed E-state index contributed by atoms with van der Waals surface area (Å²) in [5.41, 5.74) is 3.74. The molecule has 1 fully saturated rings. The van der Waals surface area contributed by atoms with Crippen LogP contribution in [0.2, 0.25) is 0 Å². The van der Waals surface area contributed by atoms with Gasteiger partial charge in [0, 0.05) is 11.1 Å². The number of fused-ring (bicyclic) bond motifs is 1. The Hall–Kier alpha value is -2.70. The van der Waals surface area contributed by atoms with E-state index < -0.39 is 12.1 Å². The van der Waals surface area contributed by atoms with Crippen LogP contribution < -0.4 is 10.6 Å². The Morgan fingerprint density at radius 3 is 2.96 bits per heavy atom. The van der Waals surface area contributed by atoms with Crippen LogP contribution in [0.15, 0.2) is 48.7 Å². The minimum absolute atomic E-state index is 0.217. The Morgan fingerprint density at radius 1 is 1.32 bits per heavy atom. The van der Waals surface area contributed by atoms with Gasteiger partial charge in [-0.1, -0.05) is 12.1 Å². The van der Waals surface area contributed by atoms with Gasteiger partial charge in [-0.25, -0.2) is 4.68 Å². The average Bonchev–Trinajstić information content (AvgIpc) is 3.20. The van der Waals surface area contributed by atoms with E-state index in [1.165, 1.54) is 0 Å². The van der Waals surface area contributed by atoms with Gasteiger partial charge in [-0.05, 0) is 55.8 Å². The van der Waals surface area contributed by atoms with Crippen LogP contribution in [-0.4, -0.2) is 39.5 Å². The van der Waals surface area contributed by atoms with Crippen LogP contribution in [0, 0.1) is 6.92 Å². The zero-order chi connectivity index (χ0) is 17.4. The Morgan fingerprint density at radius 2 is 2.20 bits per heavy atom. The van der Waals surface area contributed by atoms with Crippen molar-refractivity contribution in [2.24, 2.45) is 0 Å². The van der Waals surface area contributed by atoms with E-state index in [2.05, 4.69) is 21.8 Å². The lowest BCUT2D eigenvalue weighted by Crippen LogP contribution is -2.42. The number of aromatic nitrogens is 2. The molecule has 1 saturated heterocycles. The Bertz CT molecular complexity index is 934. The summed E-state index contributed by atoms with van der Waals surface area (Å²) >= 11 is 0. The van der Waals surface area contributed by atoms with Crippen molar-refractivity contribution in [3.8, 4) is 5.69 Å². The van der Waals surface area contributed by atoms with Crippen molar-refractivity contribution in [3.63, 3.8) is 0 Å². The zero-order valence-corrected chi connectivity index (χ0v) is 13.9.